The molecule has 26 heavy (non-hydrogen) atoms. The number of methoxy groups -OCH3 is 1. The van der Waals surface area contributed by atoms with Crippen LogP contribution in [0.4, 0.5) is 5.13 Å². The molecule has 0 unspecified atom stereocenters. The smallest absolute Gasteiger partial charge is 0.257 e. The molecule has 0 spiro atoms. The summed E-state index contributed by atoms with van der Waals surface area (Å²) >= 11 is 1.40. The van der Waals surface area contributed by atoms with Crippen LogP contribution in [0.5, 0.6) is 5.75 Å². The lowest BCUT2D eigenvalue weighted by atomic mass is 10.1. The van der Waals surface area contributed by atoms with Crippen molar-refractivity contribution in [3.05, 3.63) is 53.9 Å². The number of carbonyl (C=O) groups is 1. The number of rotatable bonds is 4. The molecule has 8 heteroatoms. The first kappa shape index (κ1) is 16.2. The van der Waals surface area contributed by atoms with Crippen LogP contribution in [0.1, 0.15) is 16.2 Å². The van der Waals surface area contributed by atoms with Crippen LogP contribution in [0.2, 0.25) is 0 Å². The minimum absolute atomic E-state index is 0.240. The van der Waals surface area contributed by atoms with Gasteiger partial charge in [-0.15, -0.1) is 0 Å². The normalized spacial score (nSPS) is 10.8. The van der Waals surface area contributed by atoms with Crippen LogP contribution in [0.25, 0.3) is 21.7 Å². The van der Waals surface area contributed by atoms with Gasteiger partial charge in [-0.25, -0.2) is 4.98 Å². The number of aryl methyl sites for hydroxylation is 1. The third-order valence-corrected chi connectivity index (χ3v) is 4.68. The lowest BCUT2D eigenvalue weighted by Gasteiger charge is -2.02. The number of hydrogen-bond donors (Lipinski definition) is 1. The molecule has 1 amide bonds. The average Bonchev–Trinajstić information content (AvgIpc) is 3.27. The van der Waals surface area contributed by atoms with Crippen molar-refractivity contribution < 1.29 is 14.1 Å². The predicted octanol–water partition coefficient (Wildman–Crippen LogP) is 3.92. The highest BCUT2D eigenvalue weighted by atomic mass is 32.1. The summed E-state index contributed by atoms with van der Waals surface area (Å²) in [5.74, 6) is 1.43. The number of nitrogens with zero attached hydrogens (tertiary/aromatic N) is 3. The van der Waals surface area contributed by atoms with Gasteiger partial charge in [0.25, 0.3) is 11.8 Å². The Morgan fingerprint density at radius 2 is 1.96 bits per heavy atom. The maximum atomic E-state index is 12.5. The molecule has 0 bridgehead atoms. The molecule has 0 radical (unpaired) electrons. The van der Waals surface area contributed by atoms with E-state index in [2.05, 4.69) is 20.4 Å². The van der Waals surface area contributed by atoms with E-state index in [-0.39, 0.29) is 5.91 Å². The molecule has 0 aliphatic carbocycles. The van der Waals surface area contributed by atoms with Gasteiger partial charge in [0, 0.05) is 11.1 Å². The number of anilines is 1. The number of amides is 1. The summed E-state index contributed by atoms with van der Waals surface area (Å²) < 4.78 is 11.4. The van der Waals surface area contributed by atoms with Crippen molar-refractivity contribution in [3.8, 4) is 17.2 Å². The number of carbonyl (C=O) groups excluding carboxylic acids is 1. The highest BCUT2D eigenvalue weighted by Gasteiger charge is 2.13. The molecule has 0 saturated heterocycles. The SMILES string of the molecule is COc1cccc2sc(NC(=O)c3ccc(-c4nc(C)no4)cc3)nc12. The average molecular weight is 366 g/mol. The lowest BCUT2D eigenvalue weighted by molar-refractivity contribution is 0.102. The van der Waals surface area contributed by atoms with Gasteiger partial charge < -0.3 is 9.26 Å². The third kappa shape index (κ3) is 3.02. The molecular weight excluding hydrogens is 352 g/mol. The van der Waals surface area contributed by atoms with Crippen LogP contribution < -0.4 is 10.1 Å². The van der Waals surface area contributed by atoms with E-state index in [4.69, 9.17) is 9.26 Å². The number of aromatic nitrogens is 3. The van der Waals surface area contributed by atoms with Gasteiger partial charge in [0.2, 0.25) is 0 Å². The van der Waals surface area contributed by atoms with E-state index in [9.17, 15) is 4.79 Å². The van der Waals surface area contributed by atoms with E-state index in [1.54, 1.807) is 38.3 Å². The van der Waals surface area contributed by atoms with Crippen molar-refractivity contribution in [3.63, 3.8) is 0 Å². The van der Waals surface area contributed by atoms with Crippen LogP contribution in [-0.2, 0) is 0 Å². The van der Waals surface area contributed by atoms with Crippen LogP contribution in [-0.4, -0.2) is 28.1 Å². The Kier molecular flexibility index (Phi) is 4.10. The Morgan fingerprint density at radius 3 is 2.65 bits per heavy atom. The van der Waals surface area contributed by atoms with E-state index in [1.807, 2.05) is 18.2 Å². The number of para-hydroxylation sites is 1. The fraction of sp³-hybridized carbons (Fsp3) is 0.111. The van der Waals surface area contributed by atoms with Gasteiger partial charge in [-0.2, -0.15) is 4.98 Å². The van der Waals surface area contributed by atoms with Crippen LogP contribution in [0.3, 0.4) is 0 Å². The van der Waals surface area contributed by atoms with Crippen molar-refractivity contribution in [2.45, 2.75) is 6.92 Å². The van der Waals surface area contributed by atoms with E-state index in [0.717, 1.165) is 15.8 Å². The first-order valence-electron chi connectivity index (χ1n) is 7.79. The topological polar surface area (TPSA) is 90.1 Å². The maximum Gasteiger partial charge on any atom is 0.257 e. The number of ether oxygens (including phenoxy) is 1. The summed E-state index contributed by atoms with van der Waals surface area (Å²) in [4.78, 5) is 21.1. The van der Waals surface area contributed by atoms with Gasteiger partial charge in [0.15, 0.2) is 11.0 Å². The van der Waals surface area contributed by atoms with Crippen molar-refractivity contribution in [1.82, 2.24) is 15.1 Å². The second-order valence-corrected chi connectivity index (χ2v) is 6.53. The van der Waals surface area contributed by atoms with Crippen molar-refractivity contribution in [1.29, 1.82) is 0 Å². The van der Waals surface area contributed by atoms with Gasteiger partial charge in [-0.1, -0.05) is 22.6 Å². The first-order chi connectivity index (χ1) is 12.6. The molecule has 0 aliphatic rings. The second kappa shape index (κ2) is 6.57. The largest absolute Gasteiger partial charge is 0.494 e. The fourth-order valence-electron chi connectivity index (χ4n) is 2.49. The Bertz CT molecular complexity index is 1090. The summed E-state index contributed by atoms with van der Waals surface area (Å²) in [5.41, 5.74) is 2.00. The van der Waals surface area contributed by atoms with Crippen molar-refractivity contribution in [2.24, 2.45) is 0 Å². The number of hydrogen-bond acceptors (Lipinski definition) is 7. The molecule has 7 nitrogen and oxygen atoms in total. The summed E-state index contributed by atoms with van der Waals surface area (Å²) in [6, 6.07) is 12.6. The molecule has 2 aromatic carbocycles. The summed E-state index contributed by atoms with van der Waals surface area (Å²) in [5, 5.41) is 7.10. The van der Waals surface area contributed by atoms with Crippen LogP contribution in [0, 0.1) is 6.92 Å². The van der Waals surface area contributed by atoms with Crippen molar-refractivity contribution in [2.75, 3.05) is 12.4 Å². The molecule has 0 atom stereocenters. The molecule has 0 saturated carbocycles. The third-order valence-electron chi connectivity index (χ3n) is 3.74. The lowest BCUT2D eigenvalue weighted by Crippen LogP contribution is -2.11. The molecule has 0 aliphatic heterocycles. The Balaban J connectivity index is 1.54. The summed E-state index contributed by atoms with van der Waals surface area (Å²) in [6.07, 6.45) is 0. The zero-order valence-corrected chi connectivity index (χ0v) is 14.8. The number of thiazole rings is 1. The quantitative estimate of drug-likeness (QED) is 0.589. The van der Waals surface area contributed by atoms with Gasteiger partial charge in [0.1, 0.15) is 11.3 Å². The highest BCUT2D eigenvalue weighted by Crippen LogP contribution is 2.32. The molecule has 2 heterocycles. The van der Waals surface area contributed by atoms with E-state index in [1.165, 1.54) is 11.3 Å². The molecular formula is C18H14N4O3S. The minimum atomic E-state index is -0.240. The molecule has 130 valence electrons. The first-order valence-corrected chi connectivity index (χ1v) is 8.61. The maximum absolute atomic E-state index is 12.5. The van der Waals surface area contributed by atoms with Crippen LogP contribution >= 0.6 is 11.3 Å². The Morgan fingerprint density at radius 1 is 1.15 bits per heavy atom. The predicted molar refractivity (Wildman–Crippen MR) is 98.6 cm³/mol. The number of benzene rings is 2. The molecule has 2 aromatic heterocycles. The Labute approximate surface area is 152 Å². The summed E-state index contributed by atoms with van der Waals surface area (Å²) in [6.45, 7) is 1.75. The molecule has 0 fully saturated rings. The van der Waals surface area contributed by atoms with Gasteiger partial charge in [-0.3, -0.25) is 10.1 Å². The monoisotopic (exact) mass is 366 g/mol. The zero-order valence-electron chi connectivity index (χ0n) is 14.0. The number of fused-ring (bicyclic) bond motifs is 1. The molecule has 4 aromatic rings. The standard InChI is InChI=1S/C18H14N4O3S/c1-10-19-17(25-22-10)12-8-6-11(7-9-12)16(23)21-18-20-15-13(24-2)4-3-5-14(15)26-18/h3-9H,1-2H3,(H,20,21,23). The zero-order chi connectivity index (χ0) is 18.1. The van der Waals surface area contributed by atoms with E-state index in [0.29, 0.717) is 28.2 Å². The molecule has 1 N–H and O–H groups in total. The van der Waals surface area contributed by atoms with Gasteiger partial charge >= 0.3 is 0 Å². The summed E-state index contributed by atoms with van der Waals surface area (Å²) in [7, 11) is 1.60. The number of nitrogens with one attached hydrogen (secondary N) is 1. The van der Waals surface area contributed by atoms with Gasteiger partial charge in [0.05, 0.1) is 11.8 Å². The molecule has 4 rings (SSSR count). The van der Waals surface area contributed by atoms with Gasteiger partial charge in [-0.05, 0) is 43.3 Å². The Hall–Kier alpha value is -3.26. The van der Waals surface area contributed by atoms with E-state index >= 15 is 0 Å². The highest BCUT2D eigenvalue weighted by molar-refractivity contribution is 7.22. The minimum Gasteiger partial charge on any atom is -0.494 e. The van der Waals surface area contributed by atoms with Crippen molar-refractivity contribution >= 4 is 32.6 Å². The second-order valence-electron chi connectivity index (χ2n) is 5.50. The fourth-order valence-corrected chi connectivity index (χ4v) is 3.37. The van der Waals surface area contributed by atoms with Crippen LogP contribution in [0.15, 0.2) is 47.0 Å². The van der Waals surface area contributed by atoms with E-state index < -0.39 is 0 Å².